The zero-order chi connectivity index (χ0) is 20.2. The average molecular weight is 415 g/mol. The molecular formula is C20H22ClFN7+. The number of nitrogens with one attached hydrogen (secondary N) is 2. The van der Waals surface area contributed by atoms with Gasteiger partial charge in [-0.05, 0) is 24.3 Å². The van der Waals surface area contributed by atoms with Crippen molar-refractivity contribution in [2.45, 2.75) is 6.54 Å². The van der Waals surface area contributed by atoms with Crippen LogP contribution in [0.4, 0.5) is 27.7 Å². The normalized spacial score (nSPS) is 14.8. The number of nitrogen functional groups attached to an aromatic ring is 1. The van der Waals surface area contributed by atoms with Gasteiger partial charge >= 0.3 is 0 Å². The standard InChI is InChI=1S/C20H21ClFN7/c21-14-5-1-3-7-16(14)24-20-26-18(25-19(23)27-20)13-28-9-11-29(12-10-28)17-8-4-2-6-15(17)22/h1-8H,9-13H2,(H3,23,24,25,26,27)/p+1. The summed E-state index contributed by atoms with van der Waals surface area (Å²) in [6, 6.07) is 14.2. The second kappa shape index (κ2) is 8.59. The van der Waals surface area contributed by atoms with Crippen LogP contribution in [-0.4, -0.2) is 41.1 Å². The predicted molar refractivity (Wildman–Crippen MR) is 112 cm³/mol. The van der Waals surface area contributed by atoms with Crippen LogP contribution in [0.5, 0.6) is 0 Å². The third kappa shape index (κ3) is 4.72. The molecule has 0 atom stereocenters. The minimum absolute atomic E-state index is 0.161. The van der Waals surface area contributed by atoms with Crippen LogP contribution in [0.1, 0.15) is 5.82 Å². The first-order chi connectivity index (χ1) is 14.1. The maximum Gasteiger partial charge on any atom is 0.232 e. The first-order valence-corrected chi connectivity index (χ1v) is 9.81. The Morgan fingerprint density at radius 1 is 1.03 bits per heavy atom. The molecule has 1 aliphatic rings. The van der Waals surface area contributed by atoms with Crippen LogP contribution in [0.2, 0.25) is 5.02 Å². The molecule has 4 N–H and O–H groups in total. The lowest BCUT2D eigenvalue weighted by molar-refractivity contribution is -0.915. The van der Waals surface area contributed by atoms with E-state index in [1.165, 1.54) is 11.0 Å². The molecule has 0 unspecified atom stereocenters. The second-order valence-corrected chi connectivity index (χ2v) is 7.31. The Kier molecular flexibility index (Phi) is 5.73. The maximum atomic E-state index is 14.0. The second-order valence-electron chi connectivity index (χ2n) is 6.90. The lowest BCUT2D eigenvalue weighted by Gasteiger charge is -2.33. The van der Waals surface area contributed by atoms with Crippen molar-refractivity contribution in [1.82, 2.24) is 15.0 Å². The zero-order valence-corrected chi connectivity index (χ0v) is 16.5. The summed E-state index contributed by atoms with van der Waals surface area (Å²) in [7, 11) is 0. The van der Waals surface area contributed by atoms with Crippen molar-refractivity contribution in [3.05, 3.63) is 65.2 Å². The van der Waals surface area contributed by atoms with Crippen molar-refractivity contribution in [1.29, 1.82) is 0 Å². The maximum absolute atomic E-state index is 14.0. The summed E-state index contributed by atoms with van der Waals surface area (Å²) in [4.78, 5) is 16.3. The van der Waals surface area contributed by atoms with Gasteiger partial charge in [0, 0.05) is 0 Å². The summed E-state index contributed by atoms with van der Waals surface area (Å²) < 4.78 is 14.0. The van der Waals surface area contributed by atoms with E-state index in [0.717, 1.165) is 26.2 Å². The summed E-state index contributed by atoms with van der Waals surface area (Å²) in [5.74, 6) is 0.955. The Morgan fingerprint density at radius 3 is 2.52 bits per heavy atom. The molecule has 0 spiro atoms. The smallest absolute Gasteiger partial charge is 0.232 e. The average Bonchev–Trinajstić information content (AvgIpc) is 2.70. The molecule has 4 rings (SSSR count). The fourth-order valence-corrected chi connectivity index (χ4v) is 3.61. The molecule has 0 saturated carbocycles. The highest BCUT2D eigenvalue weighted by molar-refractivity contribution is 6.33. The molecule has 3 aromatic rings. The topological polar surface area (TPSA) is 84.4 Å². The molecule has 0 bridgehead atoms. The van der Waals surface area contributed by atoms with E-state index < -0.39 is 0 Å². The van der Waals surface area contributed by atoms with Crippen molar-refractivity contribution in [3.63, 3.8) is 0 Å². The number of para-hydroxylation sites is 2. The number of benzene rings is 2. The molecule has 0 aliphatic carbocycles. The van der Waals surface area contributed by atoms with Crippen molar-refractivity contribution >= 4 is 34.9 Å². The van der Waals surface area contributed by atoms with E-state index in [4.69, 9.17) is 17.3 Å². The van der Waals surface area contributed by atoms with E-state index in [9.17, 15) is 4.39 Å². The fraction of sp³-hybridized carbons (Fsp3) is 0.250. The van der Waals surface area contributed by atoms with Gasteiger partial charge in [0.05, 0.1) is 42.6 Å². The molecule has 7 nitrogen and oxygen atoms in total. The molecule has 9 heteroatoms. The lowest BCUT2D eigenvalue weighted by Crippen LogP contribution is -3.13. The van der Waals surface area contributed by atoms with Gasteiger partial charge in [0.15, 0.2) is 5.82 Å². The van der Waals surface area contributed by atoms with Crippen LogP contribution < -0.4 is 20.9 Å². The highest BCUT2D eigenvalue weighted by atomic mass is 35.5. The number of quaternary nitrogens is 1. The molecular weight excluding hydrogens is 393 g/mol. The zero-order valence-electron chi connectivity index (χ0n) is 15.8. The molecule has 1 aliphatic heterocycles. The third-order valence-corrected chi connectivity index (χ3v) is 5.22. The van der Waals surface area contributed by atoms with Gasteiger partial charge in [-0.2, -0.15) is 15.0 Å². The Hall–Kier alpha value is -2.97. The van der Waals surface area contributed by atoms with Crippen LogP contribution >= 0.6 is 11.6 Å². The third-order valence-electron chi connectivity index (χ3n) is 4.89. The number of piperazine rings is 1. The van der Waals surface area contributed by atoms with Crippen molar-refractivity contribution < 1.29 is 9.29 Å². The Morgan fingerprint density at radius 2 is 1.76 bits per heavy atom. The van der Waals surface area contributed by atoms with E-state index in [1.807, 2.05) is 30.3 Å². The molecule has 150 valence electrons. The number of rotatable bonds is 5. The molecule has 2 heterocycles. The van der Waals surface area contributed by atoms with Crippen molar-refractivity contribution in [3.8, 4) is 0 Å². The molecule has 0 radical (unpaired) electrons. The van der Waals surface area contributed by atoms with Gasteiger partial charge in [-0.3, -0.25) is 0 Å². The van der Waals surface area contributed by atoms with E-state index in [-0.39, 0.29) is 11.8 Å². The highest BCUT2D eigenvalue weighted by Gasteiger charge is 2.23. The van der Waals surface area contributed by atoms with E-state index >= 15 is 0 Å². The van der Waals surface area contributed by atoms with Gasteiger partial charge in [0.2, 0.25) is 11.9 Å². The van der Waals surface area contributed by atoms with Gasteiger partial charge in [0.1, 0.15) is 12.4 Å². The first-order valence-electron chi connectivity index (χ1n) is 9.43. The largest absolute Gasteiger partial charge is 0.368 e. The Labute approximate surface area is 173 Å². The highest BCUT2D eigenvalue weighted by Crippen LogP contribution is 2.23. The van der Waals surface area contributed by atoms with E-state index in [0.29, 0.717) is 34.7 Å². The van der Waals surface area contributed by atoms with Gasteiger partial charge < -0.3 is 20.9 Å². The first kappa shape index (κ1) is 19.4. The minimum Gasteiger partial charge on any atom is -0.368 e. The molecule has 1 fully saturated rings. The fourth-order valence-electron chi connectivity index (χ4n) is 3.43. The van der Waals surface area contributed by atoms with E-state index in [1.54, 1.807) is 12.1 Å². The number of nitrogens with zero attached hydrogens (tertiary/aromatic N) is 4. The van der Waals surface area contributed by atoms with Gasteiger partial charge in [0.25, 0.3) is 0 Å². The molecule has 2 aromatic carbocycles. The Balaban J connectivity index is 1.41. The van der Waals surface area contributed by atoms with Crippen LogP contribution in [0.25, 0.3) is 0 Å². The number of halogens is 2. The summed E-state index contributed by atoms with van der Waals surface area (Å²) in [5.41, 5.74) is 7.24. The number of hydrogen-bond acceptors (Lipinski definition) is 6. The molecule has 1 aromatic heterocycles. The summed E-state index contributed by atoms with van der Waals surface area (Å²) in [6.07, 6.45) is 0. The minimum atomic E-state index is -0.184. The molecule has 1 saturated heterocycles. The summed E-state index contributed by atoms with van der Waals surface area (Å²) in [5, 5.41) is 3.66. The van der Waals surface area contributed by atoms with Crippen LogP contribution in [0.15, 0.2) is 48.5 Å². The Bertz CT molecular complexity index is 992. The molecule has 29 heavy (non-hydrogen) atoms. The predicted octanol–water partition coefficient (Wildman–Crippen LogP) is 1.89. The lowest BCUT2D eigenvalue weighted by atomic mass is 10.2. The summed E-state index contributed by atoms with van der Waals surface area (Å²) in [6.45, 7) is 3.86. The monoisotopic (exact) mass is 414 g/mol. The summed E-state index contributed by atoms with van der Waals surface area (Å²) >= 11 is 6.18. The van der Waals surface area contributed by atoms with Crippen LogP contribution in [0, 0.1) is 5.82 Å². The van der Waals surface area contributed by atoms with Crippen molar-refractivity contribution in [2.75, 3.05) is 42.1 Å². The van der Waals surface area contributed by atoms with E-state index in [2.05, 4.69) is 25.2 Å². The number of aromatic nitrogens is 3. The van der Waals surface area contributed by atoms with Crippen molar-refractivity contribution in [2.24, 2.45) is 0 Å². The number of anilines is 4. The SMILES string of the molecule is Nc1nc(C[NH+]2CCN(c3ccccc3F)CC2)nc(Nc2ccccc2Cl)n1. The number of nitrogens with two attached hydrogens (primary N) is 1. The van der Waals surface area contributed by atoms with Gasteiger partial charge in [-0.1, -0.05) is 35.9 Å². The molecule has 0 amide bonds. The van der Waals surface area contributed by atoms with Crippen LogP contribution in [0.3, 0.4) is 0 Å². The van der Waals surface area contributed by atoms with Gasteiger partial charge in [-0.15, -0.1) is 0 Å². The van der Waals surface area contributed by atoms with Crippen LogP contribution in [-0.2, 0) is 6.54 Å². The number of hydrogen-bond donors (Lipinski definition) is 3. The quantitative estimate of drug-likeness (QED) is 0.591. The van der Waals surface area contributed by atoms with Gasteiger partial charge in [-0.25, -0.2) is 4.39 Å².